The van der Waals surface area contributed by atoms with Crippen molar-refractivity contribution >= 4 is 51.2 Å². The van der Waals surface area contributed by atoms with E-state index in [4.69, 9.17) is 27.9 Å². The molecule has 0 aliphatic carbocycles. The summed E-state index contributed by atoms with van der Waals surface area (Å²) in [5.41, 5.74) is -8.39. The number of nitrogens with zero attached hydrogens (tertiary/aromatic N) is 1. The predicted octanol–water partition coefficient (Wildman–Crippen LogP) is 6.89. The third kappa shape index (κ3) is 5.99. The maximum absolute atomic E-state index is 13.8. The minimum absolute atomic E-state index is 0.159. The summed E-state index contributed by atoms with van der Waals surface area (Å²) in [6, 6.07) is 7.67. The number of fused-ring (bicyclic) bond motifs is 1. The first kappa shape index (κ1) is 27.0. The maximum atomic E-state index is 13.8. The SMILES string of the molecule is CCOC(=O)c1c(OS(=O)C(F)(F)F)nc2c(C(F)(F)F)cc(Cl)cc2c1Cc1ccccc1Cl. The number of benzene rings is 2. The number of esters is 1. The number of carbonyl (C=O) groups is 1. The van der Waals surface area contributed by atoms with Crippen LogP contribution >= 0.6 is 23.2 Å². The van der Waals surface area contributed by atoms with Gasteiger partial charge in [0, 0.05) is 21.9 Å². The van der Waals surface area contributed by atoms with E-state index in [1.807, 2.05) is 0 Å². The first-order chi connectivity index (χ1) is 16.2. The van der Waals surface area contributed by atoms with Gasteiger partial charge >= 0.3 is 28.7 Å². The minimum atomic E-state index is -5.42. The van der Waals surface area contributed by atoms with Crippen LogP contribution in [0, 0.1) is 0 Å². The molecule has 3 rings (SSSR count). The number of halogens is 8. The van der Waals surface area contributed by atoms with Gasteiger partial charge in [0.2, 0.25) is 5.88 Å². The summed E-state index contributed by atoms with van der Waals surface area (Å²) in [6.45, 7) is 1.15. The third-order valence-electron chi connectivity index (χ3n) is 4.58. The number of rotatable bonds is 6. The summed E-state index contributed by atoms with van der Waals surface area (Å²) >= 11 is 8.03. The number of ether oxygens (including phenoxy) is 1. The van der Waals surface area contributed by atoms with Gasteiger partial charge in [-0.1, -0.05) is 41.4 Å². The van der Waals surface area contributed by atoms with Crippen molar-refractivity contribution in [2.75, 3.05) is 6.61 Å². The second kappa shape index (κ2) is 10.2. The lowest BCUT2D eigenvalue weighted by molar-refractivity contribution is -0.136. The van der Waals surface area contributed by atoms with E-state index in [1.54, 1.807) is 12.1 Å². The molecule has 0 spiro atoms. The molecule has 0 aliphatic heterocycles. The van der Waals surface area contributed by atoms with Crippen molar-refractivity contribution in [3.63, 3.8) is 0 Å². The van der Waals surface area contributed by atoms with Crippen LogP contribution < -0.4 is 4.18 Å². The molecule has 0 bridgehead atoms. The smallest absolute Gasteiger partial charge is 0.462 e. The molecule has 0 saturated carbocycles. The lowest BCUT2D eigenvalue weighted by Crippen LogP contribution is -2.23. The second-order valence-corrected chi connectivity index (χ2v) is 8.81. The zero-order chi connectivity index (χ0) is 26.1. The van der Waals surface area contributed by atoms with Gasteiger partial charge in [0.1, 0.15) is 5.56 Å². The Labute approximate surface area is 206 Å². The number of carbonyl (C=O) groups excluding carboxylic acids is 1. The molecule has 3 aromatic rings. The molecule has 0 aliphatic rings. The highest BCUT2D eigenvalue weighted by atomic mass is 35.5. The molecule has 0 saturated heterocycles. The van der Waals surface area contributed by atoms with Crippen molar-refractivity contribution in [3.8, 4) is 5.88 Å². The number of aromatic nitrogens is 1. The van der Waals surface area contributed by atoms with Gasteiger partial charge in [-0.25, -0.2) is 14.0 Å². The summed E-state index contributed by atoms with van der Waals surface area (Å²) in [7, 11) is 0. The largest absolute Gasteiger partial charge is 0.508 e. The average molecular weight is 560 g/mol. The highest BCUT2D eigenvalue weighted by Crippen LogP contribution is 2.41. The van der Waals surface area contributed by atoms with Crippen LogP contribution in [-0.2, 0) is 28.4 Å². The van der Waals surface area contributed by atoms with Crippen LogP contribution in [0.15, 0.2) is 36.4 Å². The Morgan fingerprint density at radius 2 is 1.74 bits per heavy atom. The first-order valence-corrected chi connectivity index (χ1v) is 11.4. The van der Waals surface area contributed by atoms with Gasteiger partial charge in [0.05, 0.1) is 17.7 Å². The minimum Gasteiger partial charge on any atom is -0.462 e. The van der Waals surface area contributed by atoms with Gasteiger partial charge < -0.3 is 8.92 Å². The quantitative estimate of drug-likeness (QED) is 0.243. The second-order valence-electron chi connectivity index (χ2n) is 6.87. The maximum Gasteiger partial charge on any atom is 0.508 e. The molecule has 35 heavy (non-hydrogen) atoms. The molecule has 1 heterocycles. The van der Waals surface area contributed by atoms with Crippen LogP contribution in [0.25, 0.3) is 10.9 Å². The van der Waals surface area contributed by atoms with Crippen LogP contribution in [0.1, 0.15) is 34.0 Å². The van der Waals surface area contributed by atoms with Crippen molar-refractivity contribution in [1.82, 2.24) is 4.98 Å². The summed E-state index contributed by atoms with van der Waals surface area (Å²) in [6.07, 6.45) is -5.39. The molecule has 1 aromatic heterocycles. The number of alkyl halides is 6. The molecule has 0 radical (unpaired) electrons. The number of hydrogen-bond acceptors (Lipinski definition) is 5. The molecule has 2 aromatic carbocycles. The Bertz CT molecular complexity index is 1310. The highest BCUT2D eigenvalue weighted by molar-refractivity contribution is 7.81. The summed E-state index contributed by atoms with van der Waals surface area (Å²) in [4.78, 5) is 16.3. The van der Waals surface area contributed by atoms with Crippen molar-refractivity contribution < 1.29 is 44.3 Å². The van der Waals surface area contributed by atoms with E-state index < -0.39 is 51.3 Å². The zero-order valence-corrected chi connectivity index (χ0v) is 19.7. The molecule has 0 N–H and O–H groups in total. The molecule has 188 valence electrons. The van der Waals surface area contributed by atoms with Gasteiger partial charge in [-0.15, -0.1) is 0 Å². The van der Waals surface area contributed by atoms with E-state index in [0.717, 1.165) is 6.07 Å². The van der Waals surface area contributed by atoms with E-state index >= 15 is 0 Å². The van der Waals surface area contributed by atoms with Crippen molar-refractivity contribution in [3.05, 3.63) is 68.7 Å². The van der Waals surface area contributed by atoms with Crippen LogP contribution in [0.4, 0.5) is 26.3 Å². The van der Waals surface area contributed by atoms with Gasteiger partial charge in [-0.3, -0.25) is 0 Å². The van der Waals surface area contributed by atoms with Gasteiger partial charge in [0.15, 0.2) is 0 Å². The van der Waals surface area contributed by atoms with Gasteiger partial charge in [-0.05, 0) is 36.2 Å². The molecular weight excluding hydrogens is 547 g/mol. The summed E-state index contributed by atoms with van der Waals surface area (Å²) in [5, 5.41) is -0.529. The lowest BCUT2D eigenvalue weighted by Gasteiger charge is -2.19. The van der Waals surface area contributed by atoms with E-state index in [0.29, 0.717) is 11.6 Å². The summed E-state index contributed by atoms with van der Waals surface area (Å²) < 4.78 is 101. The molecule has 14 heteroatoms. The highest BCUT2D eigenvalue weighted by Gasteiger charge is 2.42. The fourth-order valence-electron chi connectivity index (χ4n) is 3.20. The van der Waals surface area contributed by atoms with Crippen LogP contribution in [-0.4, -0.2) is 27.3 Å². The van der Waals surface area contributed by atoms with E-state index in [-0.39, 0.29) is 34.0 Å². The Kier molecular flexibility index (Phi) is 7.87. The van der Waals surface area contributed by atoms with Gasteiger partial charge in [0.25, 0.3) is 0 Å². The average Bonchev–Trinajstić information content (AvgIpc) is 2.74. The van der Waals surface area contributed by atoms with Crippen molar-refractivity contribution in [2.24, 2.45) is 0 Å². The first-order valence-electron chi connectivity index (χ1n) is 9.54. The molecule has 5 nitrogen and oxygen atoms in total. The zero-order valence-electron chi connectivity index (χ0n) is 17.4. The standard InChI is InChI=1S/C21H13Cl2F6NO4S/c1-2-33-19(31)16-12(7-10-5-3-4-6-15(10)23)13-8-11(22)9-14(20(24,25)26)17(13)30-18(16)34-35(32)21(27,28)29/h3-6,8-9H,2,7H2,1H3. The Balaban J connectivity index is 2.46. The van der Waals surface area contributed by atoms with Crippen LogP contribution in [0.2, 0.25) is 10.0 Å². The molecule has 1 atom stereocenters. The lowest BCUT2D eigenvalue weighted by atomic mass is 9.94. The third-order valence-corrected chi connectivity index (χ3v) is 5.86. The predicted molar refractivity (Wildman–Crippen MR) is 117 cm³/mol. The Morgan fingerprint density at radius 1 is 1.09 bits per heavy atom. The number of hydrogen-bond donors (Lipinski definition) is 0. The monoisotopic (exact) mass is 559 g/mol. The molecule has 0 amide bonds. The van der Waals surface area contributed by atoms with Crippen LogP contribution in [0.5, 0.6) is 5.88 Å². The van der Waals surface area contributed by atoms with Crippen LogP contribution in [0.3, 0.4) is 0 Å². The normalized spacial score (nSPS) is 13.1. The topological polar surface area (TPSA) is 65.5 Å². The fourth-order valence-corrected chi connectivity index (χ4v) is 3.98. The van der Waals surface area contributed by atoms with Crippen molar-refractivity contribution in [2.45, 2.75) is 25.0 Å². The molecule has 1 unspecified atom stereocenters. The van der Waals surface area contributed by atoms with E-state index in [9.17, 15) is 35.3 Å². The Hall–Kier alpha value is -2.57. The molecular formula is C21H13Cl2F6NO4S. The molecule has 0 fully saturated rings. The van der Waals surface area contributed by atoms with Gasteiger partial charge in [-0.2, -0.15) is 26.3 Å². The fraction of sp³-hybridized carbons (Fsp3) is 0.238. The Morgan fingerprint density at radius 3 is 2.31 bits per heavy atom. The summed E-state index contributed by atoms with van der Waals surface area (Å²) in [5.74, 6) is -2.51. The van der Waals surface area contributed by atoms with E-state index in [2.05, 4.69) is 9.17 Å². The van der Waals surface area contributed by atoms with Crippen molar-refractivity contribution in [1.29, 1.82) is 0 Å². The van der Waals surface area contributed by atoms with E-state index in [1.165, 1.54) is 19.1 Å². The number of pyridine rings is 1.